The molecule has 1 unspecified atom stereocenters. The molecule has 40 heavy (non-hydrogen) atoms. The Balaban J connectivity index is 1.21. The van der Waals surface area contributed by atoms with E-state index in [4.69, 9.17) is 10.5 Å². The van der Waals surface area contributed by atoms with Gasteiger partial charge < -0.3 is 20.7 Å². The highest BCUT2D eigenvalue weighted by molar-refractivity contribution is 6.06. The van der Waals surface area contributed by atoms with Gasteiger partial charge in [-0.15, -0.1) is 0 Å². The highest BCUT2D eigenvalue weighted by atomic mass is 19.1. The Morgan fingerprint density at radius 3 is 2.58 bits per heavy atom. The van der Waals surface area contributed by atoms with E-state index in [1.165, 1.54) is 12.1 Å². The molecule has 6 rings (SSSR count). The van der Waals surface area contributed by atoms with E-state index in [0.29, 0.717) is 43.0 Å². The Labute approximate surface area is 231 Å². The van der Waals surface area contributed by atoms with Crippen LogP contribution in [0.5, 0.6) is 0 Å². The predicted molar refractivity (Wildman–Crippen MR) is 143 cm³/mol. The first-order chi connectivity index (χ1) is 19.0. The van der Waals surface area contributed by atoms with Crippen molar-refractivity contribution in [3.8, 4) is 0 Å². The minimum Gasteiger partial charge on any atom is -0.427 e. The van der Waals surface area contributed by atoms with Crippen LogP contribution in [-0.2, 0) is 44.1 Å². The summed E-state index contributed by atoms with van der Waals surface area (Å²) in [6, 6.07) is 9.73. The number of carbonyl (C=O) groups is 4. The SMILES string of the molecule is CC(C)(N)C(=O)Nc1ccc2c(c1)CC[C@]21OC(=O)N(CC(=O)N2Cc3ccc(F)cc3CCC2C2CC2)C1=O. The van der Waals surface area contributed by atoms with Crippen molar-refractivity contribution < 1.29 is 28.3 Å². The Hall–Kier alpha value is -3.79. The second-order valence-corrected chi connectivity index (χ2v) is 12.0. The summed E-state index contributed by atoms with van der Waals surface area (Å²) in [5.41, 5.74) is 6.99. The second-order valence-electron chi connectivity index (χ2n) is 12.0. The molecule has 1 saturated carbocycles. The molecule has 2 aliphatic heterocycles. The lowest BCUT2D eigenvalue weighted by atomic mass is 9.94. The summed E-state index contributed by atoms with van der Waals surface area (Å²) < 4.78 is 19.6. The molecule has 1 spiro atoms. The molecule has 4 amide bonds. The van der Waals surface area contributed by atoms with Crippen LogP contribution in [0.3, 0.4) is 0 Å². The van der Waals surface area contributed by atoms with Gasteiger partial charge in [0.15, 0.2) is 0 Å². The monoisotopic (exact) mass is 548 g/mol. The zero-order valence-corrected chi connectivity index (χ0v) is 22.7. The summed E-state index contributed by atoms with van der Waals surface area (Å²) in [5, 5.41) is 2.78. The van der Waals surface area contributed by atoms with Gasteiger partial charge >= 0.3 is 6.09 Å². The summed E-state index contributed by atoms with van der Waals surface area (Å²) in [4.78, 5) is 55.4. The fourth-order valence-corrected chi connectivity index (χ4v) is 6.23. The molecule has 3 N–H and O–H groups in total. The molecule has 210 valence electrons. The molecule has 0 bridgehead atoms. The van der Waals surface area contributed by atoms with Gasteiger partial charge in [-0.05, 0) is 92.8 Å². The van der Waals surface area contributed by atoms with Crippen molar-refractivity contribution in [2.24, 2.45) is 11.7 Å². The van der Waals surface area contributed by atoms with Crippen LogP contribution in [-0.4, -0.2) is 51.7 Å². The average molecular weight is 549 g/mol. The molecule has 4 aliphatic rings. The molecule has 2 aromatic rings. The normalized spacial score (nSPS) is 24.1. The Kier molecular flexibility index (Phi) is 6.21. The van der Waals surface area contributed by atoms with Crippen LogP contribution < -0.4 is 11.1 Å². The number of anilines is 1. The van der Waals surface area contributed by atoms with Gasteiger partial charge in [0, 0.05) is 30.3 Å². The first-order valence-electron chi connectivity index (χ1n) is 13.8. The second kappa shape index (κ2) is 9.40. The fourth-order valence-electron chi connectivity index (χ4n) is 6.23. The van der Waals surface area contributed by atoms with Gasteiger partial charge in [0.1, 0.15) is 12.4 Å². The van der Waals surface area contributed by atoms with Gasteiger partial charge in [-0.1, -0.05) is 12.1 Å². The number of benzene rings is 2. The maximum absolute atomic E-state index is 13.9. The fraction of sp³-hybridized carbons (Fsp3) is 0.467. The number of rotatable bonds is 5. The number of ether oxygens (including phenoxy) is 1. The van der Waals surface area contributed by atoms with E-state index in [2.05, 4.69) is 5.32 Å². The van der Waals surface area contributed by atoms with Gasteiger partial charge in [-0.3, -0.25) is 14.4 Å². The van der Waals surface area contributed by atoms with E-state index in [-0.39, 0.29) is 30.1 Å². The van der Waals surface area contributed by atoms with Crippen LogP contribution in [0.15, 0.2) is 36.4 Å². The number of nitrogens with two attached hydrogens (primary N) is 1. The molecular formula is C30H33FN4O5. The van der Waals surface area contributed by atoms with Crippen LogP contribution >= 0.6 is 0 Å². The third-order valence-corrected chi connectivity index (χ3v) is 8.60. The van der Waals surface area contributed by atoms with Crippen molar-refractivity contribution in [2.75, 3.05) is 11.9 Å². The van der Waals surface area contributed by atoms with Crippen LogP contribution in [0, 0.1) is 11.7 Å². The van der Waals surface area contributed by atoms with Gasteiger partial charge in [0.05, 0.1) is 5.54 Å². The third kappa shape index (κ3) is 4.54. The number of fused-ring (bicyclic) bond motifs is 3. The van der Waals surface area contributed by atoms with E-state index in [1.54, 1.807) is 43.0 Å². The topological polar surface area (TPSA) is 122 Å². The number of hydrogen-bond donors (Lipinski definition) is 2. The number of nitrogens with zero attached hydrogens (tertiary/aromatic N) is 2. The smallest absolute Gasteiger partial charge is 0.418 e. The Morgan fingerprint density at radius 2 is 1.85 bits per heavy atom. The molecule has 0 radical (unpaired) electrons. The highest BCUT2D eigenvalue weighted by Crippen LogP contribution is 2.46. The van der Waals surface area contributed by atoms with Crippen LogP contribution in [0.25, 0.3) is 0 Å². The predicted octanol–water partition coefficient (Wildman–Crippen LogP) is 3.38. The van der Waals surface area contributed by atoms with E-state index in [0.717, 1.165) is 34.4 Å². The van der Waals surface area contributed by atoms with Gasteiger partial charge in [-0.25, -0.2) is 14.1 Å². The molecule has 1 saturated heterocycles. The lowest BCUT2D eigenvalue weighted by Crippen LogP contribution is -2.48. The summed E-state index contributed by atoms with van der Waals surface area (Å²) in [6.45, 7) is 3.12. The molecular weight excluding hydrogens is 515 g/mol. The summed E-state index contributed by atoms with van der Waals surface area (Å²) in [7, 11) is 0. The molecule has 9 nitrogen and oxygen atoms in total. The molecule has 2 aliphatic carbocycles. The minimum atomic E-state index is -1.48. The van der Waals surface area contributed by atoms with E-state index < -0.39 is 29.7 Å². The van der Waals surface area contributed by atoms with Crippen molar-refractivity contribution in [2.45, 2.75) is 76.1 Å². The number of imide groups is 1. The number of aryl methyl sites for hydroxylation is 2. The lowest BCUT2D eigenvalue weighted by Gasteiger charge is -2.31. The number of halogens is 1. The molecule has 2 aromatic carbocycles. The van der Waals surface area contributed by atoms with Crippen LogP contribution in [0.1, 0.15) is 61.8 Å². The van der Waals surface area contributed by atoms with E-state index >= 15 is 0 Å². The first-order valence-corrected chi connectivity index (χ1v) is 13.8. The number of nitrogens with one attached hydrogen (secondary N) is 1. The number of carbonyl (C=O) groups excluding carboxylic acids is 4. The van der Waals surface area contributed by atoms with Crippen LogP contribution in [0.4, 0.5) is 14.9 Å². The van der Waals surface area contributed by atoms with Crippen molar-refractivity contribution in [3.05, 3.63) is 64.5 Å². The summed E-state index contributed by atoms with van der Waals surface area (Å²) >= 11 is 0. The maximum Gasteiger partial charge on any atom is 0.418 e. The van der Waals surface area contributed by atoms with E-state index in [1.807, 2.05) is 0 Å². The summed E-state index contributed by atoms with van der Waals surface area (Å²) in [6.07, 6.45) is 3.31. The zero-order chi connectivity index (χ0) is 28.4. The molecule has 2 atom stereocenters. The number of amides is 4. The van der Waals surface area contributed by atoms with Crippen LogP contribution in [0.2, 0.25) is 0 Å². The highest BCUT2D eigenvalue weighted by Gasteiger charge is 2.58. The van der Waals surface area contributed by atoms with Crippen molar-refractivity contribution in [1.82, 2.24) is 9.80 Å². The Morgan fingerprint density at radius 1 is 1.07 bits per heavy atom. The standard InChI is InChI=1S/C30H33FN4O5/c1-29(2,32)26(37)33-22-8-9-23-19(14-22)11-12-30(23)27(38)35(28(39)40-30)16-25(36)34-15-20-5-7-21(31)13-18(20)6-10-24(34)17-3-4-17/h5,7-9,13-14,17,24H,3-4,6,10-12,15-16,32H2,1-2H3,(H,33,37)/t24?,30-/m0/s1. The van der Waals surface area contributed by atoms with Gasteiger partial charge in [0.2, 0.25) is 17.4 Å². The van der Waals surface area contributed by atoms with Crippen molar-refractivity contribution >= 4 is 29.5 Å². The van der Waals surface area contributed by atoms with Gasteiger partial charge in [-0.2, -0.15) is 0 Å². The maximum atomic E-state index is 13.9. The molecule has 10 heteroatoms. The van der Waals surface area contributed by atoms with Gasteiger partial charge in [0.25, 0.3) is 5.91 Å². The number of hydrogen-bond acceptors (Lipinski definition) is 6. The molecule has 0 aromatic heterocycles. The van der Waals surface area contributed by atoms with Crippen molar-refractivity contribution in [3.63, 3.8) is 0 Å². The largest absolute Gasteiger partial charge is 0.427 e. The molecule has 2 fully saturated rings. The lowest BCUT2D eigenvalue weighted by molar-refractivity contribution is -0.143. The average Bonchev–Trinajstić information content (AvgIpc) is 3.66. The summed E-state index contributed by atoms with van der Waals surface area (Å²) in [5.74, 6) is -1.15. The van der Waals surface area contributed by atoms with Crippen molar-refractivity contribution in [1.29, 1.82) is 0 Å². The first kappa shape index (κ1) is 26.4. The van der Waals surface area contributed by atoms with E-state index in [9.17, 15) is 23.6 Å². The quantitative estimate of drug-likeness (QED) is 0.591. The molecule has 2 heterocycles. The Bertz CT molecular complexity index is 1430. The minimum absolute atomic E-state index is 0.0232. The third-order valence-electron chi connectivity index (χ3n) is 8.60. The zero-order valence-electron chi connectivity index (χ0n) is 22.7.